The Balaban J connectivity index is 3.60. The van der Waals surface area contributed by atoms with E-state index in [4.69, 9.17) is 40.1 Å². The third kappa shape index (κ3) is 6.95. The van der Waals surface area contributed by atoms with Crippen LogP contribution in [0.4, 0.5) is 0 Å². The molecule has 1 nitrogen and oxygen atoms in total. The molecule has 0 fully saturated rings. The van der Waals surface area contributed by atoms with E-state index in [1.807, 2.05) is 6.07 Å². The van der Waals surface area contributed by atoms with Crippen molar-refractivity contribution in [2.45, 2.75) is 21.5 Å². The molecular weight excluding hydrogens is 260 g/mol. The van der Waals surface area contributed by atoms with E-state index < -0.39 is 3.79 Å². The first kappa shape index (κ1) is 10.8. The van der Waals surface area contributed by atoms with Crippen molar-refractivity contribution in [3.63, 3.8) is 0 Å². The molecule has 0 aromatic carbocycles. The van der Waals surface area contributed by atoms with Crippen LogP contribution in [0.2, 0.25) is 0 Å². The molecule has 5 heteroatoms. The summed E-state index contributed by atoms with van der Waals surface area (Å²) in [5, 5.41) is 8.22. The fourth-order valence-electron chi connectivity index (χ4n) is 0.422. The fourth-order valence-corrected chi connectivity index (χ4v) is 2.17. The van der Waals surface area contributed by atoms with Crippen LogP contribution >= 0.6 is 50.7 Å². The van der Waals surface area contributed by atoms with Gasteiger partial charge in [0.25, 0.3) is 0 Å². The first-order valence-corrected chi connectivity index (χ1v) is 4.58. The number of hydrogen-bond donors (Lipinski definition) is 0. The maximum absolute atomic E-state index is 8.22. The Kier molecular flexibility index (Phi) is 5.06. The second kappa shape index (κ2) is 4.66. The van der Waals surface area contributed by atoms with Gasteiger partial charge in [0.05, 0.1) is 6.07 Å². The molecule has 0 radical (unpaired) electrons. The molecule has 0 aliphatic rings. The number of rotatable bonds is 2. The summed E-state index contributed by atoms with van der Waals surface area (Å²) in [6, 6.07) is 1.97. The molecule has 0 heterocycles. The zero-order valence-electron chi connectivity index (χ0n) is 4.95. The average molecular weight is 265 g/mol. The molecule has 58 valence electrons. The lowest BCUT2D eigenvalue weighted by Gasteiger charge is -2.12. The van der Waals surface area contributed by atoms with Gasteiger partial charge in [-0.3, -0.25) is 0 Å². The van der Waals surface area contributed by atoms with E-state index in [-0.39, 0.29) is 4.83 Å². The SMILES string of the molecule is N#CCC(Br)CC(Cl)(Cl)Cl. The van der Waals surface area contributed by atoms with Crippen molar-refractivity contribution in [2.24, 2.45) is 0 Å². The molecule has 1 atom stereocenters. The van der Waals surface area contributed by atoms with E-state index in [0.29, 0.717) is 12.8 Å². The minimum atomic E-state index is -1.26. The van der Waals surface area contributed by atoms with Gasteiger partial charge in [-0.1, -0.05) is 50.7 Å². The fraction of sp³-hybridized carbons (Fsp3) is 0.800. The average Bonchev–Trinajstić information content (AvgIpc) is 1.59. The summed E-state index contributed by atoms with van der Waals surface area (Å²) in [6.07, 6.45) is 0.707. The van der Waals surface area contributed by atoms with Crippen LogP contribution < -0.4 is 0 Å². The van der Waals surface area contributed by atoms with Crippen molar-refractivity contribution in [1.82, 2.24) is 0 Å². The molecule has 0 bridgehead atoms. The molecule has 0 N–H and O–H groups in total. The van der Waals surface area contributed by atoms with Crippen molar-refractivity contribution < 1.29 is 0 Å². The van der Waals surface area contributed by atoms with Crippen LogP contribution in [0, 0.1) is 11.3 Å². The van der Waals surface area contributed by atoms with E-state index in [1.165, 1.54) is 0 Å². The maximum Gasteiger partial charge on any atom is 0.191 e. The zero-order chi connectivity index (χ0) is 8.20. The number of hydrogen-bond acceptors (Lipinski definition) is 1. The third-order valence-corrected chi connectivity index (χ3v) is 1.88. The Morgan fingerprint density at radius 1 is 1.50 bits per heavy atom. The summed E-state index contributed by atoms with van der Waals surface area (Å²) >= 11 is 19.6. The molecule has 0 aliphatic heterocycles. The van der Waals surface area contributed by atoms with Gasteiger partial charge in [-0.05, 0) is 0 Å². The predicted octanol–water partition coefficient (Wildman–Crippen LogP) is 3.42. The van der Waals surface area contributed by atoms with Crippen LogP contribution in [0.5, 0.6) is 0 Å². The van der Waals surface area contributed by atoms with E-state index in [9.17, 15) is 0 Å². The Bertz CT molecular complexity index is 137. The van der Waals surface area contributed by atoms with Crippen LogP contribution in [0.1, 0.15) is 12.8 Å². The quantitative estimate of drug-likeness (QED) is 0.702. The second-order valence-electron chi connectivity index (χ2n) is 1.78. The van der Waals surface area contributed by atoms with Gasteiger partial charge in [0, 0.05) is 17.7 Å². The van der Waals surface area contributed by atoms with Crippen LogP contribution in [0.15, 0.2) is 0 Å². The number of halogens is 4. The Labute approximate surface area is 83.4 Å². The molecular formula is C5H5BrCl3N. The zero-order valence-corrected chi connectivity index (χ0v) is 8.80. The van der Waals surface area contributed by atoms with Crippen LogP contribution in [-0.4, -0.2) is 8.62 Å². The lowest BCUT2D eigenvalue weighted by molar-refractivity contribution is 0.805. The van der Waals surface area contributed by atoms with Crippen LogP contribution in [0.3, 0.4) is 0 Å². The lowest BCUT2D eigenvalue weighted by Crippen LogP contribution is -2.10. The Morgan fingerprint density at radius 2 is 2.00 bits per heavy atom. The highest BCUT2D eigenvalue weighted by Gasteiger charge is 2.23. The van der Waals surface area contributed by atoms with Crippen molar-refractivity contribution in [3.8, 4) is 6.07 Å². The van der Waals surface area contributed by atoms with Gasteiger partial charge in [-0.15, -0.1) is 0 Å². The highest BCUT2D eigenvalue weighted by Crippen LogP contribution is 2.34. The van der Waals surface area contributed by atoms with Crippen LogP contribution in [0.25, 0.3) is 0 Å². The first-order chi connectivity index (χ1) is 4.45. The first-order valence-electron chi connectivity index (χ1n) is 2.53. The standard InChI is InChI=1S/C5H5BrCl3N/c6-4(1-2-10)3-5(7,8)9/h4H,1,3H2. The molecule has 0 saturated carbocycles. The van der Waals surface area contributed by atoms with Crippen molar-refractivity contribution in [1.29, 1.82) is 5.26 Å². The molecule has 0 amide bonds. The van der Waals surface area contributed by atoms with E-state index >= 15 is 0 Å². The van der Waals surface area contributed by atoms with Gasteiger partial charge in [0.15, 0.2) is 3.79 Å². The number of alkyl halides is 4. The van der Waals surface area contributed by atoms with Gasteiger partial charge < -0.3 is 0 Å². The van der Waals surface area contributed by atoms with Gasteiger partial charge in [0.1, 0.15) is 0 Å². The molecule has 1 unspecified atom stereocenters. The summed E-state index contributed by atoms with van der Waals surface area (Å²) in [6.45, 7) is 0. The van der Waals surface area contributed by atoms with Crippen molar-refractivity contribution in [2.75, 3.05) is 0 Å². The predicted molar refractivity (Wildman–Crippen MR) is 47.9 cm³/mol. The molecule has 10 heavy (non-hydrogen) atoms. The second-order valence-corrected chi connectivity index (χ2v) is 5.59. The smallest absolute Gasteiger partial charge is 0.191 e. The normalized spacial score (nSPS) is 14.3. The monoisotopic (exact) mass is 263 g/mol. The van der Waals surface area contributed by atoms with E-state index in [1.54, 1.807) is 0 Å². The highest BCUT2D eigenvalue weighted by molar-refractivity contribution is 9.09. The third-order valence-electron chi connectivity index (χ3n) is 0.766. The maximum atomic E-state index is 8.22. The van der Waals surface area contributed by atoms with Crippen molar-refractivity contribution >= 4 is 50.7 Å². The molecule has 0 aromatic rings. The highest BCUT2D eigenvalue weighted by atomic mass is 79.9. The number of nitrogens with zero attached hydrogens (tertiary/aromatic N) is 1. The minimum absolute atomic E-state index is 0.0370. The van der Waals surface area contributed by atoms with Gasteiger partial charge in [-0.2, -0.15) is 5.26 Å². The molecule has 0 aliphatic carbocycles. The molecule has 0 saturated heterocycles. The molecule has 0 rings (SSSR count). The summed E-state index contributed by atoms with van der Waals surface area (Å²) in [7, 11) is 0. The summed E-state index contributed by atoms with van der Waals surface area (Å²) in [5.41, 5.74) is 0. The van der Waals surface area contributed by atoms with Crippen LogP contribution in [-0.2, 0) is 0 Å². The number of nitriles is 1. The Morgan fingerprint density at radius 3 is 2.30 bits per heavy atom. The van der Waals surface area contributed by atoms with Gasteiger partial charge >= 0.3 is 0 Å². The topological polar surface area (TPSA) is 23.8 Å². The minimum Gasteiger partial charge on any atom is -0.198 e. The summed E-state index contributed by atoms with van der Waals surface area (Å²) < 4.78 is -1.26. The van der Waals surface area contributed by atoms with E-state index in [2.05, 4.69) is 15.9 Å². The Hall–Kier alpha value is 0.840. The largest absolute Gasteiger partial charge is 0.198 e. The van der Waals surface area contributed by atoms with Gasteiger partial charge in [0.2, 0.25) is 0 Å². The summed E-state index contributed by atoms with van der Waals surface area (Å²) in [4.78, 5) is -0.0370. The molecule has 0 spiro atoms. The molecule has 0 aromatic heterocycles. The summed E-state index contributed by atoms with van der Waals surface area (Å²) in [5.74, 6) is 0. The lowest BCUT2D eigenvalue weighted by atomic mass is 10.3. The van der Waals surface area contributed by atoms with Gasteiger partial charge in [-0.25, -0.2) is 0 Å². The van der Waals surface area contributed by atoms with E-state index in [0.717, 1.165) is 0 Å². The van der Waals surface area contributed by atoms with Crippen molar-refractivity contribution in [3.05, 3.63) is 0 Å².